The number of fused-ring (bicyclic) bond motifs is 1. The fourth-order valence-corrected chi connectivity index (χ4v) is 4.87. The van der Waals surface area contributed by atoms with E-state index in [-0.39, 0.29) is 29.9 Å². The molecule has 0 aliphatic rings. The zero-order valence-corrected chi connectivity index (χ0v) is 20.5. The maximum absolute atomic E-state index is 13.1. The van der Waals surface area contributed by atoms with Gasteiger partial charge in [0.15, 0.2) is 5.13 Å². The Kier molecular flexibility index (Phi) is 9.55. The van der Waals surface area contributed by atoms with Crippen molar-refractivity contribution in [3.8, 4) is 5.75 Å². The number of aryl methyl sites for hydroxylation is 1. The standard InChI is InChI=1S/C22H26FN3O2S2.ClH/c1-15-6-11-18(28-4)20-21(15)30-22(24-20)26(13-5-12-25(2)3)19(27)14-29-17-9-7-16(23)8-10-17;/h6-11H,5,12-14H2,1-4H3;1H. The summed E-state index contributed by atoms with van der Waals surface area (Å²) in [7, 11) is 5.66. The van der Waals surface area contributed by atoms with Crippen LogP contribution < -0.4 is 9.64 Å². The fraction of sp³-hybridized carbons (Fsp3) is 0.364. The molecule has 9 heteroatoms. The molecule has 1 aromatic heterocycles. The molecule has 1 heterocycles. The topological polar surface area (TPSA) is 45.7 Å². The van der Waals surface area contributed by atoms with Crippen molar-refractivity contribution in [2.24, 2.45) is 0 Å². The van der Waals surface area contributed by atoms with Gasteiger partial charge in [-0.05, 0) is 69.9 Å². The number of aromatic nitrogens is 1. The number of halogens is 2. The summed E-state index contributed by atoms with van der Waals surface area (Å²) in [6.45, 7) is 3.50. The van der Waals surface area contributed by atoms with E-state index in [2.05, 4.69) is 4.90 Å². The first-order chi connectivity index (χ1) is 14.4. The smallest absolute Gasteiger partial charge is 0.239 e. The molecule has 0 bridgehead atoms. The van der Waals surface area contributed by atoms with Gasteiger partial charge in [0.1, 0.15) is 17.1 Å². The molecule has 0 saturated heterocycles. The summed E-state index contributed by atoms with van der Waals surface area (Å²) in [5.41, 5.74) is 1.89. The Hall–Kier alpha value is -1.87. The number of hydrogen-bond donors (Lipinski definition) is 0. The Bertz CT molecular complexity index is 1010. The average Bonchev–Trinajstić information content (AvgIpc) is 3.16. The number of hydrogen-bond acceptors (Lipinski definition) is 6. The lowest BCUT2D eigenvalue weighted by Gasteiger charge is -2.21. The van der Waals surface area contributed by atoms with E-state index in [4.69, 9.17) is 9.72 Å². The third-order valence-electron chi connectivity index (χ3n) is 4.61. The van der Waals surface area contributed by atoms with Crippen LogP contribution in [0.25, 0.3) is 10.2 Å². The van der Waals surface area contributed by atoms with Crippen molar-refractivity contribution in [2.75, 3.05) is 44.9 Å². The van der Waals surface area contributed by atoms with E-state index >= 15 is 0 Å². The molecule has 168 valence electrons. The first-order valence-electron chi connectivity index (χ1n) is 9.66. The molecule has 31 heavy (non-hydrogen) atoms. The van der Waals surface area contributed by atoms with Gasteiger partial charge in [-0.1, -0.05) is 17.4 Å². The molecule has 0 aliphatic carbocycles. The van der Waals surface area contributed by atoms with Crippen LogP contribution in [0.4, 0.5) is 9.52 Å². The van der Waals surface area contributed by atoms with Crippen molar-refractivity contribution >= 4 is 56.8 Å². The quantitative estimate of drug-likeness (QED) is 0.389. The van der Waals surface area contributed by atoms with Crippen LogP contribution in [-0.2, 0) is 4.79 Å². The van der Waals surface area contributed by atoms with E-state index in [1.54, 1.807) is 24.1 Å². The number of anilines is 1. The van der Waals surface area contributed by atoms with Gasteiger partial charge < -0.3 is 9.64 Å². The van der Waals surface area contributed by atoms with Gasteiger partial charge in [0.25, 0.3) is 0 Å². The minimum atomic E-state index is -0.283. The maximum Gasteiger partial charge on any atom is 0.239 e. The van der Waals surface area contributed by atoms with Crippen LogP contribution in [0.2, 0.25) is 0 Å². The first kappa shape index (κ1) is 25.4. The molecule has 1 amide bonds. The number of carbonyl (C=O) groups excluding carboxylic acids is 1. The summed E-state index contributed by atoms with van der Waals surface area (Å²) in [6, 6.07) is 10.1. The highest BCUT2D eigenvalue weighted by atomic mass is 35.5. The maximum atomic E-state index is 13.1. The van der Waals surface area contributed by atoms with E-state index in [9.17, 15) is 9.18 Å². The second-order valence-electron chi connectivity index (χ2n) is 7.20. The molecule has 0 aliphatic heterocycles. The second-order valence-corrected chi connectivity index (χ2v) is 9.23. The summed E-state index contributed by atoms with van der Waals surface area (Å²) in [6.07, 6.45) is 0.839. The zero-order chi connectivity index (χ0) is 21.7. The number of methoxy groups -OCH3 is 1. The molecule has 0 N–H and O–H groups in total. The van der Waals surface area contributed by atoms with Crippen LogP contribution >= 0.6 is 35.5 Å². The lowest BCUT2D eigenvalue weighted by atomic mass is 10.2. The van der Waals surface area contributed by atoms with Gasteiger partial charge in [0.05, 0.1) is 17.6 Å². The highest BCUT2D eigenvalue weighted by Crippen LogP contribution is 2.36. The lowest BCUT2D eigenvalue weighted by Crippen LogP contribution is -2.34. The lowest BCUT2D eigenvalue weighted by molar-refractivity contribution is -0.116. The van der Waals surface area contributed by atoms with Crippen molar-refractivity contribution in [3.63, 3.8) is 0 Å². The first-order valence-corrected chi connectivity index (χ1v) is 11.5. The van der Waals surface area contributed by atoms with E-state index in [1.807, 2.05) is 33.2 Å². The van der Waals surface area contributed by atoms with Crippen molar-refractivity contribution in [2.45, 2.75) is 18.2 Å². The molecule has 0 radical (unpaired) electrons. The van der Waals surface area contributed by atoms with Gasteiger partial charge in [-0.2, -0.15) is 0 Å². The number of rotatable bonds is 9. The number of ether oxygens (including phenoxy) is 1. The summed E-state index contributed by atoms with van der Waals surface area (Å²) >= 11 is 2.92. The number of nitrogens with zero attached hydrogens (tertiary/aromatic N) is 3. The van der Waals surface area contributed by atoms with Gasteiger partial charge in [0.2, 0.25) is 5.91 Å². The van der Waals surface area contributed by atoms with Gasteiger partial charge in [0, 0.05) is 11.4 Å². The average molecular weight is 484 g/mol. The highest BCUT2D eigenvalue weighted by molar-refractivity contribution is 8.00. The number of thioether (sulfide) groups is 1. The van der Waals surface area contributed by atoms with E-state index in [0.717, 1.165) is 33.6 Å². The molecule has 0 spiro atoms. The largest absolute Gasteiger partial charge is 0.494 e. The van der Waals surface area contributed by atoms with Crippen molar-refractivity contribution in [3.05, 3.63) is 47.8 Å². The predicted molar refractivity (Wildman–Crippen MR) is 131 cm³/mol. The van der Waals surface area contributed by atoms with Crippen molar-refractivity contribution in [1.82, 2.24) is 9.88 Å². The molecule has 0 unspecified atom stereocenters. The molecule has 5 nitrogen and oxygen atoms in total. The number of benzene rings is 2. The van der Waals surface area contributed by atoms with Crippen LogP contribution in [0.3, 0.4) is 0 Å². The number of amides is 1. The van der Waals surface area contributed by atoms with Crippen LogP contribution in [0.1, 0.15) is 12.0 Å². The molecule has 2 aromatic carbocycles. The van der Waals surface area contributed by atoms with Gasteiger partial charge in [-0.15, -0.1) is 24.2 Å². The Morgan fingerprint density at radius 2 is 1.87 bits per heavy atom. The van der Waals surface area contributed by atoms with Crippen LogP contribution in [0.15, 0.2) is 41.3 Å². The van der Waals surface area contributed by atoms with Gasteiger partial charge in [-0.3, -0.25) is 9.69 Å². The van der Waals surface area contributed by atoms with Crippen LogP contribution in [0, 0.1) is 12.7 Å². The molecular formula is C22H27ClFN3O2S2. The summed E-state index contributed by atoms with van der Waals surface area (Å²) in [5, 5.41) is 0.682. The third-order valence-corrected chi connectivity index (χ3v) is 6.82. The minimum Gasteiger partial charge on any atom is -0.494 e. The van der Waals surface area contributed by atoms with Crippen LogP contribution in [0.5, 0.6) is 5.75 Å². The molecule has 0 fully saturated rings. The molecule has 3 aromatic rings. The Balaban J connectivity index is 0.00000341. The van der Waals surface area contributed by atoms with Crippen molar-refractivity contribution in [1.29, 1.82) is 0 Å². The fourth-order valence-electron chi connectivity index (χ4n) is 3.00. The SMILES string of the molecule is COc1ccc(C)c2sc(N(CCCN(C)C)C(=O)CSc3ccc(F)cc3)nc12.Cl. The van der Waals surface area contributed by atoms with E-state index < -0.39 is 0 Å². The molecular weight excluding hydrogens is 457 g/mol. The van der Waals surface area contributed by atoms with Crippen molar-refractivity contribution < 1.29 is 13.9 Å². The van der Waals surface area contributed by atoms with Crippen LogP contribution in [-0.4, -0.2) is 55.8 Å². The van der Waals surface area contributed by atoms with Gasteiger partial charge in [-0.25, -0.2) is 9.37 Å². The second kappa shape index (κ2) is 11.7. The highest BCUT2D eigenvalue weighted by Gasteiger charge is 2.21. The number of carbonyl (C=O) groups is 1. The molecule has 0 saturated carbocycles. The summed E-state index contributed by atoms with van der Waals surface area (Å²) in [4.78, 5) is 22.6. The summed E-state index contributed by atoms with van der Waals surface area (Å²) in [5.74, 6) is 0.674. The normalized spacial score (nSPS) is 10.9. The Morgan fingerprint density at radius 3 is 2.52 bits per heavy atom. The number of thiazole rings is 1. The predicted octanol–water partition coefficient (Wildman–Crippen LogP) is 5.25. The third kappa shape index (κ3) is 6.55. The minimum absolute atomic E-state index is 0. The monoisotopic (exact) mass is 483 g/mol. The zero-order valence-electron chi connectivity index (χ0n) is 18.1. The van der Waals surface area contributed by atoms with Gasteiger partial charge >= 0.3 is 0 Å². The Labute approximate surface area is 197 Å². The summed E-state index contributed by atoms with van der Waals surface area (Å²) < 4.78 is 19.6. The molecule has 3 rings (SSSR count). The molecule has 0 atom stereocenters. The Morgan fingerprint density at radius 1 is 1.16 bits per heavy atom. The van der Waals surface area contributed by atoms with E-state index in [0.29, 0.717) is 17.4 Å². The van der Waals surface area contributed by atoms with E-state index in [1.165, 1.54) is 35.2 Å².